The summed E-state index contributed by atoms with van der Waals surface area (Å²) in [5.74, 6) is 1.49. The number of hydrogen-bond acceptors (Lipinski definition) is 4. The number of furan rings is 1. The highest BCUT2D eigenvalue weighted by molar-refractivity contribution is 5.93. The van der Waals surface area contributed by atoms with Gasteiger partial charge in [-0.05, 0) is 30.7 Å². The van der Waals surface area contributed by atoms with Crippen molar-refractivity contribution in [3.63, 3.8) is 0 Å². The van der Waals surface area contributed by atoms with Crippen molar-refractivity contribution in [2.45, 2.75) is 32.7 Å². The Morgan fingerprint density at radius 3 is 2.86 bits per heavy atom. The largest absolute Gasteiger partial charge is 0.467 e. The molecule has 2 aromatic heterocycles. The average molecular weight is 287 g/mol. The van der Waals surface area contributed by atoms with E-state index in [1.807, 2.05) is 12.1 Å². The lowest BCUT2D eigenvalue weighted by Gasteiger charge is -2.06. The van der Waals surface area contributed by atoms with Gasteiger partial charge in [0.2, 0.25) is 0 Å². The van der Waals surface area contributed by atoms with E-state index in [1.165, 1.54) is 0 Å². The zero-order valence-electron chi connectivity index (χ0n) is 12.3. The lowest BCUT2D eigenvalue weighted by atomic mass is 10.2. The first-order chi connectivity index (χ1) is 10.3. The number of pyridine rings is 1. The van der Waals surface area contributed by atoms with Crippen LogP contribution >= 0.6 is 0 Å². The van der Waals surface area contributed by atoms with Gasteiger partial charge in [-0.2, -0.15) is 0 Å². The maximum atomic E-state index is 11.9. The number of unbranched alkanes of at least 4 members (excludes halogenated alkanes) is 2. The number of hydrogen-bond donors (Lipinski definition) is 2. The Hall–Kier alpha value is -2.30. The van der Waals surface area contributed by atoms with Crippen LogP contribution in [0.4, 0.5) is 5.82 Å². The van der Waals surface area contributed by atoms with Gasteiger partial charge >= 0.3 is 0 Å². The van der Waals surface area contributed by atoms with Crippen LogP contribution in [0.2, 0.25) is 0 Å². The first-order valence-corrected chi connectivity index (χ1v) is 7.30. The van der Waals surface area contributed by atoms with Crippen molar-refractivity contribution in [3.8, 4) is 0 Å². The van der Waals surface area contributed by atoms with Crippen molar-refractivity contribution in [1.29, 1.82) is 0 Å². The summed E-state index contributed by atoms with van der Waals surface area (Å²) in [7, 11) is 0. The third-order valence-corrected chi connectivity index (χ3v) is 3.12. The van der Waals surface area contributed by atoms with Crippen molar-refractivity contribution < 1.29 is 9.21 Å². The lowest BCUT2D eigenvalue weighted by molar-refractivity contribution is 0.0952. The number of nitrogens with zero attached hydrogens (tertiary/aromatic N) is 1. The van der Waals surface area contributed by atoms with Crippen LogP contribution in [0.25, 0.3) is 0 Å². The smallest absolute Gasteiger partial charge is 0.252 e. The highest BCUT2D eigenvalue weighted by Crippen LogP contribution is 2.08. The molecule has 0 radical (unpaired) electrons. The zero-order valence-corrected chi connectivity index (χ0v) is 12.3. The Kier molecular flexibility index (Phi) is 5.82. The number of carbonyl (C=O) groups is 1. The third kappa shape index (κ3) is 4.95. The van der Waals surface area contributed by atoms with Gasteiger partial charge in [-0.15, -0.1) is 0 Å². The van der Waals surface area contributed by atoms with E-state index in [0.29, 0.717) is 24.5 Å². The number of aromatic nitrogens is 1. The van der Waals surface area contributed by atoms with E-state index in [0.717, 1.165) is 25.0 Å². The van der Waals surface area contributed by atoms with E-state index in [4.69, 9.17) is 4.42 Å². The molecule has 0 unspecified atom stereocenters. The van der Waals surface area contributed by atoms with Crippen molar-refractivity contribution in [1.82, 2.24) is 10.3 Å². The number of nitrogens with one attached hydrogen (secondary N) is 2. The molecule has 5 heteroatoms. The predicted octanol–water partition coefficient (Wildman–Crippen LogP) is 3.21. The molecule has 1 amide bonds. The number of amides is 1. The molecule has 0 saturated carbocycles. The molecule has 112 valence electrons. The standard InChI is InChI=1S/C16H21N3O2/c1-2-3-4-9-17-16(20)13-7-8-15(18-11-13)19-12-14-6-5-10-21-14/h5-8,10-11H,2-4,9,12H2,1H3,(H,17,20)(H,18,19). The SMILES string of the molecule is CCCCCNC(=O)c1ccc(NCc2ccco2)nc1. The second-order valence-corrected chi connectivity index (χ2v) is 4.83. The Bertz CT molecular complexity index is 535. The molecule has 2 N–H and O–H groups in total. The van der Waals surface area contributed by atoms with Crippen LogP contribution in [0.3, 0.4) is 0 Å². The number of carbonyl (C=O) groups excluding carboxylic acids is 1. The van der Waals surface area contributed by atoms with Gasteiger partial charge < -0.3 is 15.1 Å². The van der Waals surface area contributed by atoms with Gasteiger partial charge in [-0.25, -0.2) is 4.98 Å². The fourth-order valence-electron chi connectivity index (χ4n) is 1.90. The summed E-state index contributed by atoms with van der Waals surface area (Å²) in [6, 6.07) is 7.30. The Labute approximate surface area is 124 Å². The van der Waals surface area contributed by atoms with Crippen LogP contribution in [0.1, 0.15) is 42.3 Å². The summed E-state index contributed by atoms with van der Waals surface area (Å²) in [5, 5.41) is 6.03. The summed E-state index contributed by atoms with van der Waals surface area (Å²) < 4.78 is 5.23. The van der Waals surface area contributed by atoms with E-state index in [-0.39, 0.29) is 5.91 Å². The molecule has 0 aliphatic heterocycles. The average Bonchev–Trinajstić information content (AvgIpc) is 3.03. The van der Waals surface area contributed by atoms with Crippen molar-refractivity contribution in [3.05, 3.63) is 48.0 Å². The van der Waals surface area contributed by atoms with E-state index in [2.05, 4.69) is 22.5 Å². The molecule has 0 aliphatic carbocycles. The molecule has 0 spiro atoms. The molecule has 21 heavy (non-hydrogen) atoms. The van der Waals surface area contributed by atoms with E-state index >= 15 is 0 Å². The predicted molar refractivity (Wildman–Crippen MR) is 82.1 cm³/mol. The molecule has 5 nitrogen and oxygen atoms in total. The molecular weight excluding hydrogens is 266 g/mol. The Balaban J connectivity index is 1.79. The Morgan fingerprint density at radius 2 is 2.19 bits per heavy atom. The van der Waals surface area contributed by atoms with Crippen LogP contribution in [-0.2, 0) is 6.54 Å². The molecule has 2 aromatic rings. The summed E-state index contributed by atoms with van der Waals surface area (Å²) in [6.45, 7) is 3.42. The quantitative estimate of drug-likeness (QED) is 0.732. The fourth-order valence-corrected chi connectivity index (χ4v) is 1.90. The topological polar surface area (TPSA) is 67.2 Å². The van der Waals surface area contributed by atoms with Crippen molar-refractivity contribution in [2.75, 3.05) is 11.9 Å². The maximum absolute atomic E-state index is 11.9. The minimum absolute atomic E-state index is 0.0730. The first-order valence-electron chi connectivity index (χ1n) is 7.30. The minimum Gasteiger partial charge on any atom is -0.467 e. The van der Waals surface area contributed by atoms with Gasteiger partial charge in [0.15, 0.2) is 0 Å². The molecule has 0 bridgehead atoms. The van der Waals surface area contributed by atoms with Crippen molar-refractivity contribution >= 4 is 11.7 Å². The second kappa shape index (κ2) is 8.09. The summed E-state index contributed by atoms with van der Waals surface area (Å²) in [5.41, 5.74) is 0.579. The molecule has 0 fully saturated rings. The van der Waals surface area contributed by atoms with Crippen LogP contribution in [0.5, 0.6) is 0 Å². The van der Waals surface area contributed by atoms with Gasteiger partial charge in [0.05, 0.1) is 18.4 Å². The van der Waals surface area contributed by atoms with Crippen molar-refractivity contribution in [2.24, 2.45) is 0 Å². The lowest BCUT2D eigenvalue weighted by Crippen LogP contribution is -2.24. The highest BCUT2D eigenvalue weighted by atomic mass is 16.3. The molecule has 0 saturated heterocycles. The maximum Gasteiger partial charge on any atom is 0.252 e. The summed E-state index contributed by atoms with van der Waals surface area (Å²) >= 11 is 0. The van der Waals surface area contributed by atoms with Crippen LogP contribution < -0.4 is 10.6 Å². The summed E-state index contributed by atoms with van der Waals surface area (Å²) in [6.07, 6.45) is 6.51. The first kappa shape index (κ1) is 15.1. The normalized spacial score (nSPS) is 10.3. The molecule has 0 aromatic carbocycles. The fraction of sp³-hybridized carbons (Fsp3) is 0.375. The second-order valence-electron chi connectivity index (χ2n) is 4.83. The molecule has 2 heterocycles. The van der Waals surface area contributed by atoms with Gasteiger partial charge in [-0.1, -0.05) is 19.8 Å². The van der Waals surface area contributed by atoms with Crippen LogP contribution in [-0.4, -0.2) is 17.4 Å². The van der Waals surface area contributed by atoms with E-state index in [1.54, 1.807) is 24.6 Å². The minimum atomic E-state index is -0.0730. The van der Waals surface area contributed by atoms with Gasteiger partial charge in [0, 0.05) is 12.7 Å². The Morgan fingerprint density at radius 1 is 1.29 bits per heavy atom. The highest BCUT2D eigenvalue weighted by Gasteiger charge is 2.05. The monoisotopic (exact) mass is 287 g/mol. The number of rotatable bonds is 8. The summed E-state index contributed by atoms with van der Waals surface area (Å²) in [4.78, 5) is 16.1. The van der Waals surface area contributed by atoms with Crippen LogP contribution in [0.15, 0.2) is 41.1 Å². The van der Waals surface area contributed by atoms with Gasteiger partial charge in [-0.3, -0.25) is 4.79 Å². The molecular formula is C16H21N3O2. The van der Waals surface area contributed by atoms with E-state index in [9.17, 15) is 4.79 Å². The molecule has 2 rings (SSSR count). The molecule has 0 aliphatic rings. The van der Waals surface area contributed by atoms with Gasteiger partial charge in [0.1, 0.15) is 11.6 Å². The zero-order chi connectivity index (χ0) is 14.9. The molecule has 0 atom stereocenters. The van der Waals surface area contributed by atoms with Gasteiger partial charge in [0.25, 0.3) is 5.91 Å². The number of anilines is 1. The van der Waals surface area contributed by atoms with E-state index < -0.39 is 0 Å². The third-order valence-electron chi connectivity index (χ3n) is 3.12. The van der Waals surface area contributed by atoms with Crippen LogP contribution in [0, 0.1) is 0 Å².